The Morgan fingerprint density at radius 3 is 2.83 bits per heavy atom. The van der Waals surface area contributed by atoms with E-state index >= 15 is 0 Å². The summed E-state index contributed by atoms with van der Waals surface area (Å²) in [7, 11) is 2.06. The van der Waals surface area contributed by atoms with Crippen LogP contribution in [0.1, 0.15) is 33.6 Å². The Kier molecular flexibility index (Phi) is 5.56. The average Bonchev–Trinajstić information content (AvgIpc) is 2.81. The summed E-state index contributed by atoms with van der Waals surface area (Å²) in [5.41, 5.74) is 5.12. The molecule has 0 amide bonds. The molecule has 106 valence electrons. The summed E-state index contributed by atoms with van der Waals surface area (Å²) < 4.78 is 10.4. The third kappa shape index (κ3) is 3.93. The molecule has 3 atom stereocenters. The summed E-state index contributed by atoms with van der Waals surface area (Å²) in [6.07, 6.45) is 1.63. The minimum absolute atomic E-state index is 0.219. The number of ether oxygens (including phenoxy) is 2. The lowest BCUT2D eigenvalue weighted by Gasteiger charge is -2.34. The minimum Gasteiger partial charge on any atom is -0.465 e. The molecule has 0 aromatic carbocycles. The quantitative estimate of drug-likeness (QED) is 0.713. The van der Waals surface area contributed by atoms with Gasteiger partial charge >= 0.3 is 5.97 Å². The molecule has 0 aromatic heterocycles. The highest BCUT2D eigenvalue weighted by Crippen LogP contribution is 2.19. The van der Waals surface area contributed by atoms with Gasteiger partial charge in [-0.2, -0.15) is 0 Å². The van der Waals surface area contributed by atoms with Gasteiger partial charge in [0.05, 0.1) is 13.2 Å². The van der Waals surface area contributed by atoms with E-state index < -0.39 is 5.54 Å². The number of carbonyl (C=O) groups is 1. The summed E-state index contributed by atoms with van der Waals surface area (Å²) in [6, 6.07) is 0.647. The fraction of sp³-hybridized carbons (Fsp3) is 0.923. The highest BCUT2D eigenvalue weighted by Gasteiger charge is 2.34. The number of likely N-dealkylation sites (N-methyl/N-ethyl adjacent to an activating group) is 1. The third-order valence-electron chi connectivity index (χ3n) is 3.64. The zero-order chi connectivity index (χ0) is 13.8. The molecule has 1 aliphatic rings. The maximum Gasteiger partial charge on any atom is 0.325 e. The number of nitrogens with two attached hydrogens (primary N) is 1. The zero-order valence-electron chi connectivity index (χ0n) is 11.9. The van der Waals surface area contributed by atoms with Gasteiger partial charge in [0.25, 0.3) is 0 Å². The average molecular weight is 258 g/mol. The van der Waals surface area contributed by atoms with Crippen LogP contribution in [0.25, 0.3) is 0 Å². The van der Waals surface area contributed by atoms with Crippen molar-refractivity contribution in [2.24, 2.45) is 5.73 Å². The van der Waals surface area contributed by atoms with Crippen molar-refractivity contribution in [3.8, 4) is 0 Å². The summed E-state index contributed by atoms with van der Waals surface area (Å²) >= 11 is 0. The standard InChI is InChI=1S/C13H26N2O3/c1-5-18-12(16)13(3,14)8-10(2)15(4)11-6-7-17-9-11/h10-11H,5-9,14H2,1-4H3. The second-order valence-electron chi connectivity index (χ2n) is 5.37. The predicted octanol–water partition coefficient (Wildman–Crippen LogP) is 0.766. The molecule has 3 unspecified atom stereocenters. The lowest BCUT2D eigenvalue weighted by molar-refractivity contribution is -0.149. The Bertz CT molecular complexity index is 275. The van der Waals surface area contributed by atoms with Crippen molar-refractivity contribution in [2.75, 3.05) is 26.9 Å². The maximum absolute atomic E-state index is 11.8. The predicted molar refractivity (Wildman–Crippen MR) is 70.3 cm³/mol. The largest absolute Gasteiger partial charge is 0.465 e. The molecule has 0 aromatic rings. The molecule has 5 nitrogen and oxygen atoms in total. The number of carbonyl (C=O) groups excluding carboxylic acids is 1. The first-order valence-electron chi connectivity index (χ1n) is 6.64. The van der Waals surface area contributed by atoms with E-state index in [4.69, 9.17) is 15.2 Å². The molecule has 1 aliphatic heterocycles. The van der Waals surface area contributed by atoms with Crippen molar-refractivity contribution in [3.63, 3.8) is 0 Å². The van der Waals surface area contributed by atoms with E-state index in [0.29, 0.717) is 19.1 Å². The number of esters is 1. The monoisotopic (exact) mass is 258 g/mol. The second kappa shape index (κ2) is 6.50. The van der Waals surface area contributed by atoms with Crippen molar-refractivity contribution < 1.29 is 14.3 Å². The van der Waals surface area contributed by atoms with Crippen LogP contribution in [0.15, 0.2) is 0 Å². The number of rotatable bonds is 6. The lowest BCUT2D eigenvalue weighted by Crippen LogP contribution is -2.52. The van der Waals surface area contributed by atoms with Gasteiger partial charge in [-0.25, -0.2) is 0 Å². The van der Waals surface area contributed by atoms with Crippen LogP contribution in [0, 0.1) is 0 Å². The first-order valence-corrected chi connectivity index (χ1v) is 6.64. The Labute approximate surface area is 110 Å². The topological polar surface area (TPSA) is 64.8 Å². The molecule has 0 aliphatic carbocycles. The van der Waals surface area contributed by atoms with E-state index in [-0.39, 0.29) is 12.0 Å². The van der Waals surface area contributed by atoms with Crippen molar-refractivity contribution in [1.82, 2.24) is 4.90 Å². The first kappa shape index (κ1) is 15.4. The molecule has 0 saturated carbocycles. The van der Waals surface area contributed by atoms with Gasteiger partial charge < -0.3 is 15.2 Å². The summed E-state index contributed by atoms with van der Waals surface area (Å²) in [4.78, 5) is 14.0. The van der Waals surface area contributed by atoms with E-state index in [2.05, 4.69) is 18.9 Å². The Balaban J connectivity index is 2.51. The van der Waals surface area contributed by atoms with Crippen molar-refractivity contribution >= 4 is 5.97 Å². The summed E-state index contributed by atoms with van der Waals surface area (Å²) in [5, 5.41) is 0. The number of hydrogen-bond acceptors (Lipinski definition) is 5. The molecule has 1 heterocycles. The van der Waals surface area contributed by atoms with Gasteiger partial charge in [0.2, 0.25) is 0 Å². The molecule has 5 heteroatoms. The molecule has 1 rings (SSSR count). The molecular weight excluding hydrogens is 232 g/mol. The maximum atomic E-state index is 11.8. The zero-order valence-corrected chi connectivity index (χ0v) is 11.9. The van der Waals surface area contributed by atoms with Crippen LogP contribution in [0.4, 0.5) is 0 Å². The van der Waals surface area contributed by atoms with Crippen molar-refractivity contribution in [1.29, 1.82) is 0 Å². The molecule has 0 spiro atoms. The van der Waals surface area contributed by atoms with E-state index in [1.165, 1.54) is 0 Å². The van der Waals surface area contributed by atoms with Gasteiger partial charge in [-0.1, -0.05) is 0 Å². The fourth-order valence-electron chi connectivity index (χ4n) is 2.34. The van der Waals surface area contributed by atoms with Crippen LogP contribution in [0.5, 0.6) is 0 Å². The van der Waals surface area contributed by atoms with Crippen LogP contribution in [-0.4, -0.2) is 55.4 Å². The highest BCUT2D eigenvalue weighted by molar-refractivity contribution is 5.80. The molecule has 18 heavy (non-hydrogen) atoms. The molecule has 1 fully saturated rings. The Hall–Kier alpha value is -0.650. The molecular formula is C13H26N2O3. The molecule has 1 saturated heterocycles. The lowest BCUT2D eigenvalue weighted by atomic mass is 9.93. The molecule has 0 bridgehead atoms. The van der Waals surface area contributed by atoms with Crippen LogP contribution in [-0.2, 0) is 14.3 Å². The van der Waals surface area contributed by atoms with Gasteiger partial charge in [-0.15, -0.1) is 0 Å². The smallest absolute Gasteiger partial charge is 0.325 e. The highest BCUT2D eigenvalue weighted by atomic mass is 16.5. The van der Waals surface area contributed by atoms with E-state index in [0.717, 1.165) is 19.6 Å². The molecule has 2 N–H and O–H groups in total. The summed E-state index contributed by atoms with van der Waals surface area (Å²) in [5.74, 6) is -0.326. The second-order valence-corrected chi connectivity index (χ2v) is 5.37. The Morgan fingerprint density at radius 2 is 2.33 bits per heavy atom. The number of nitrogens with zero attached hydrogens (tertiary/aromatic N) is 1. The molecule has 0 radical (unpaired) electrons. The van der Waals surface area contributed by atoms with Crippen LogP contribution in [0.3, 0.4) is 0 Å². The normalized spacial score (nSPS) is 24.9. The SMILES string of the molecule is CCOC(=O)C(C)(N)CC(C)N(C)C1CCOC1. The van der Waals surface area contributed by atoms with Gasteiger partial charge in [0, 0.05) is 18.7 Å². The fourth-order valence-corrected chi connectivity index (χ4v) is 2.34. The van der Waals surface area contributed by atoms with Crippen LogP contribution < -0.4 is 5.73 Å². The minimum atomic E-state index is -0.927. The van der Waals surface area contributed by atoms with Crippen molar-refractivity contribution in [3.05, 3.63) is 0 Å². The van der Waals surface area contributed by atoms with Gasteiger partial charge in [-0.3, -0.25) is 9.69 Å². The van der Waals surface area contributed by atoms with Crippen LogP contribution in [0.2, 0.25) is 0 Å². The van der Waals surface area contributed by atoms with Crippen LogP contribution >= 0.6 is 0 Å². The van der Waals surface area contributed by atoms with Gasteiger partial charge in [0.1, 0.15) is 5.54 Å². The first-order chi connectivity index (χ1) is 8.38. The van der Waals surface area contributed by atoms with E-state index in [9.17, 15) is 4.79 Å². The van der Waals surface area contributed by atoms with Gasteiger partial charge in [-0.05, 0) is 40.7 Å². The number of hydrogen-bond donors (Lipinski definition) is 1. The van der Waals surface area contributed by atoms with Crippen molar-refractivity contribution in [2.45, 2.75) is 51.2 Å². The Morgan fingerprint density at radius 1 is 1.67 bits per heavy atom. The van der Waals surface area contributed by atoms with E-state index in [1.807, 2.05) is 0 Å². The van der Waals surface area contributed by atoms with Gasteiger partial charge in [0.15, 0.2) is 0 Å². The summed E-state index contributed by atoms with van der Waals surface area (Å²) in [6.45, 7) is 7.57. The van der Waals surface area contributed by atoms with E-state index in [1.54, 1.807) is 13.8 Å². The third-order valence-corrected chi connectivity index (χ3v) is 3.64.